The van der Waals surface area contributed by atoms with Gasteiger partial charge in [-0.15, -0.1) is 0 Å². The van der Waals surface area contributed by atoms with Crippen LogP contribution in [0.25, 0.3) is 22.5 Å². The Balaban J connectivity index is 1.76. The second-order valence-corrected chi connectivity index (χ2v) is 7.90. The van der Waals surface area contributed by atoms with Gasteiger partial charge in [-0.05, 0) is 38.3 Å². The van der Waals surface area contributed by atoms with Gasteiger partial charge in [-0.25, -0.2) is 0 Å². The first-order valence-electron chi connectivity index (χ1n) is 10.9. The quantitative estimate of drug-likeness (QED) is 0.369. The molecule has 4 N–H and O–H groups in total. The summed E-state index contributed by atoms with van der Waals surface area (Å²) >= 11 is 0. The fraction of sp³-hybridized carbons (Fsp3) is 0.308. The molecule has 2 aromatic carbocycles. The molecule has 1 aromatic heterocycles. The molecule has 0 saturated carbocycles. The van der Waals surface area contributed by atoms with Gasteiger partial charge < -0.3 is 15.9 Å². The lowest BCUT2D eigenvalue weighted by Crippen LogP contribution is -2.16. The summed E-state index contributed by atoms with van der Waals surface area (Å²) in [4.78, 5) is 9.02. The number of hydrogen-bond donors (Lipinski definition) is 2. The van der Waals surface area contributed by atoms with Gasteiger partial charge in [0.2, 0.25) is 0 Å². The van der Waals surface area contributed by atoms with Crippen molar-refractivity contribution in [1.82, 2.24) is 0 Å². The standard InChI is InChI=1S/C26H32N4O/c1-5-17(3)29-25(27)21-11-7-19(8-12-21)23-15-24(31-16-23)20-9-13-22(14-10-20)26(28)30-18(4)6-2/h7-18H,5-6H2,1-4H3,(H2,27,29)(H2,28,30). The predicted molar refractivity (Wildman–Crippen MR) is 131 cm³/mol. The summed E-state index contributed by atoms with van der Waals surface area (Å²) in [6.07, 6.45) is 3.70. The first-order chi connectivity index (χ1) is 14.9. The summed E-state index contributed by atoms with van der Waals surface area (Å²) in [6.45, 7) is 8.32. The van der Waals surface area contributed by atoms with E-state index in [1.807, 2.05) is 54.6 Å². The van der Waals surface area contributed by atoms with Gasteiger partial charge in [0, 0.05) is 34.3 Å². The number of nitrogens with two attached hydrogens (primary N) is 2. The molecule has 3 rings (SSSR count). The fourth-order valence-corrected chi connectivity index (χ4v) is 3.08. The van der Waals surface area contributed by atoms with E-state index in [4.69, 9.17) is 15.9 Å². The molecular formula is C26H32N4O. The molecule has 5 heteroatoms. The predicted octanol–water partition coefficient (Wildman–Crippen LogP) is 5.62. The minimum atomic E-state index is 0.218. The minimum Gasteiger partial charge on any atom is -0.464 e. The lowest BCUT2D eigenvalue weighted by molar-refractivity contribution is 0.583. The summed E-state index contributed by atoms with van der Waals surface area (Å²) in [6, 6.07) is 18.5. The van der Waals surface area contributed by atoms with Gasteiger partial charge in [-0.1, -0.05) is 62.4 Å². The normalized spacial score (nSPS) is 14.5. The van der Waals surface area contributed by atoms with Crippen LogP contribution < -0.4 is 11.5 Å². The molecule has 162 valence electrons. The Bertz CT molecular complexity index is 962. The average molecular weight is 417 g/mol. The van der Waals surface area contributed by atoms with Crippen LogP contribution in [0.15, 0.2) is 75.3 Å². The Morgan fingerprint density at radius 3 is 1.65 bits per heavy atom. The molecular weight excluding hydrogens is 384 g/mol. The zero-order valence-electron chi connectivity index (χ0n) is 18.8. The van der Waals surface area contributed by atoms with Crippen molar-refractivity contribution in [3.05, 3.63) is 72.0 Å². The van der Waals surface area contributed by atoms with E-state index < -0.39 is 0 Å². The molecule has 0 bridgehead atoms. The number of benzene rings is 2. The van der Waals surface area contributed by atoms with Gasteiger partial charge in [-0.3, -0.25) is 9.98 Å². The Hall–Kier alpha value is -3.34. The maximum atomic E-state index is 6.12. The van der Waals surface area contributed by atoms with Crippen LogP contribution in [0.5, 0.6) is 0 Å². The number of furan rings is 1. The monoisotopic (exact) mass is 416 g/mol. The van der Waals surface area contributed by atoms with Gasteiger partial charge in [0.25, 0.3) is 0 Å². The smallest absolute Gasteiger partial charge is 0.134 e. The molecule has 0 fully saturated rings. The topological polar surface area (TPSA) is 89.9 Å². The van der Waals surface area contributed by atoms with E-state index in [1.54, 1.807) is 6.26 Å². The van der Waals surface area contributed by atoms with Crippen molar-refractivity contribution in [1.29, 1.82) is 0 Å². The Kier molecular flexibility index (Phi) is 7.29. The largest absolute Gasteiger partial charge is 0.464 e. The lowest BCUT2D eigenvalue weighted by Gasteiger charge is -2.06. The van der Waals surface area contributed by atoms with Crippen LogP contribution in [-0.4, -0.2) is 23.8 Å². The van der Waals surface area contributed by atoms with Crippen LogP contribution in [0, 0.1) is 0 Å². The minimum absolute atomic E-state index is 0.218. The third kappa shape index (κ3) is 5.63. The Morgan fingerprint density at radius 1 is 0.742 bits per heavy atom. The maximum Gasteiger partial charge on any atom is 0.134 e. The molecule has 5 nitrogen and oxygen atoms in total. The van der Waals surface area contributed by atoms with Gasteiger partial charge in [0.05, 0.1) is 6.26 Å². The third-order valence-electron chi connectivity index (χ3n) is 5.48. The SMILES string of the molecule is CCC(C)N=C(N)c1ccc(-c2coc(-c3ccc(C(N)=NC(C)CC)cc3)c2)cc1. The van der Waals surface area contributed by atoms with E-state index in [0.29, 0.717) is 11.7 Å². The highest BCUT2D eigenvalue weighted by Gasteiger charge is 2.09. The zero-order chi connectivity index (χ0) is 22.4. The van der Waals surface area contributed by atoms with E-state index >= 15 is 0 Å². The number of aliphatic imine (C=N–C) groups is 2. The number of amidine groups is 2. The highest BCUT2D eigenvalue weighted by atomic mass is 16.3. The van der Waals surface area contributed by atoms with Crippen LogP contribution in [0.4, 0.5) is 0 Å². The van der Waals surface area contributed by atoms with Crippen molar-refractivity contribution >= 4 is 11.7 Å². The Morgan fingerprint density at radius 2 is 1.19 bits per heavy atom. The van der Waals surface area contributed by atoms with Gasteiger partial charge in [0.15, 0.2) is 0 Å². The van der Waals surface area contributed by atoms with E-state index in [2.05, 4.69) is 37.7 Å². The molecule has 0 radical (unpaired) electrons. The van der Waals surface area contributed by atoms with Crippen LogP contribution in [0.2, 0.25) is 0 Å². The van der Waals surface area contributed by atoms with E-state index in [1.165, 1.54) is 0 Å². The van der Waals surface area contributed by atoms with Crippen molar-refractivity contribution in [3.8, 4) is 22.5 Å². The molecule has 0 aliphatic rings. The molecule has 2 atom stereocenters. The molecule has 1 heterocycles. The van der Waals surface area contributed by atoms with Crippen molar-refractivity contribution in [2.24, 2.45) is 21.5 Å². The fourth-order valence-electron chi connectivity index (χ4n) is 3.08. The van der Waals surface area contributed by atoms with Crippen LogP contribution in [0.1, 0.15) is 51.7 Å². The lowest BCUT2D eigenvalue weighted by atomic mass is 10.0. The van der Waals surface area contributed by atoms with E-state index in [0.717, 1.165) is 46.4 Å². The van der Waals surface area contributed by atoms with Crippen LogP contribution in [-0.2, 0) is 0 Å². The second kappa shape index (κ2) is 10.1. The highest BCUT2D eigenvalue weighted by molar-refractivity contribution is 5.98. The van der Waals surface area contributed by atoms with E-state index in [-0.39, 0.29) is 12.1 Å². The van der Waals surface area contributed by atoms with Crippen LogP contribution in [0.3, 0.4) is 0 Å². The summed E-state index contributed by atoms with van der Waals surface area (Å²) in [5, 5.41) is 0. The van der Waals surface area contributed by atoms with Crippen molar-refractivity contribution in [2.45, 2.75) is 52.6 Å². The van der Waals surface area contributed by atoms with Crippen molar-refractivity contribution < 1.29 is 4.42 Å². The summed E-state index contributed by atoms with van der Waals surface area (Å²) in [7, 11) is 0. The summed E-state index contributed by atoms with van der Waals surface area (Å²) in [5.74, 6) is 1.95. The van der Waals surface area contributed by atoms with Gasteiger partial charge in [0.1, 0.15) is 17.4 Å². The molecule has 0 saturated heterocycles. The molecule has 31 heavy (non-hydrogen) atoms. The number of rotatable bonds is 8. The van der Waals surface area contributed by atoms with Gasteiger partial charge >= 0.3 is 0 Å². The summed E-state index contributed by atoms with van der Waals surface area (Å²) in [5.41, 5.74) is 17.2. The first-order valence-corrected chi connectivity index (χ1v) is 10.9. The Labute approximate surface area is 184 Å². The first kappa shape index (κ1) is 22.3. The maximum absolute atomic E-state index is 6.12. The summed E-state index contributed by atoms with van der Waals surface area (Å²) < 4.78 is 5.82. The van der Waals surface area contributed by atoms with E-state index in [9.17, 15) is 0 Å². The third-order valence-corrected chi connectivity index (χ3v) is 5.48. The molecule has 2 unspecified atom stereocenters. The van der Waals surface area contributed by atoms with Crippen molar-refractivity contribution in [3.63, 3.8) is 0 Å². The van der Waals surface area contributed by atoms with Crippen LogP contribution >= 0.6 is 0 Å². The molecule has 3 aromatic rings. The van der Waals surface area contributed by atoms with Gasteiger partial charge in [-0.2, -0.15) is 0 Å². The number of hydrogen-bond acceptors (Lipinski definition) is 3. The molecule has 0 aliphatic carbocycles. The second-order valence-electron chi connectivity index (χ2n) is 7.90. The molecule has 0 spiro atoms. The zero-order valence-corrected chi connectivity index (χ0v) is 18.8. The highest BCUT2D eigenvalue weighted by Crippen LogP contribution is 2.29. The molecule has 0 aliphatic heterocycles. The molecule has 0 amide bonds. The average Bonchev–Trinajstić information content (AvgIpc) is 3.29. The van der Waals surface area contributed by atoms with Crippen molar-refractivity contribution in [2.75, 3.05) is 0 Å². The number of nitrogens with zero attached hydrogens (tertiary/aromatic N) is 2.